The first-order valence-corrected chi connectivity index (χ1v) is 10.4. The molecule has 1 unspecified atom stereocenters. The van der Waals surface area contributed by atoms with Crippen molar-refractivity contribution in [3.8, 4) is 5.75 Å². The fourth-order valence-corrected chi connectivity index (χ4v) is 3.32. The summed E-state index contributed by atoms with van der Waals surface area (Å²) in [6.45, 7) is 5.15. The zero-order valence-corrected chi connectivity index (χ0v) is 19.8. The third kappa shape index (κ3) is 6.78. The highest BCUT2D eigenvalue weighted by Crippen LogP contribution is 2.24. The van der Waals surface area contributed by atoms with Crippen LogP contribution in [0.2, 0.25) is 0 Å². The fourth-order valence-electron chi connectivity index (χ4n) is 2.56. The van der Waals surface area contributed by atoms with Gasteiger partial charge in [0, 0.05) is 44.8 Å². The molecule has 1 aromatic carbocycles. The van der Waals surface area contributed by atoms with E-state index in [1.54, 1.807) is 0 Å². The van der Waals surface area contributed by atoms with Crippen molar-refractivity contribution >= 4 is 64.3 Å². The SMILES string of the molecule is CN=C(NCC(C)SC)N1CCC(Oc2ccccc2I)CC1.I. The number of nitrogens with one attached hydrogen (secondary N) is 1. The predicted molar refractivity (Wildman–Crippen MR) is 124 cm³/mol. The van der Waals surface area contributed by atoms with Crippen LogP contribution in [-0.4, -0.2) is 55.2 Å². The molecule has 1 fully saturated rings. The molecule has 1 aliphatic rings. The summed E-state index contributed by atoms with van der Waals surface area (Å²) < 4.78 is 7.34. The second-order valence-corrected chi connectivity index (χ2v) is 8.15. The third-order valence-electron chi connectivity index (χ3n) is 4.03. The van der Waals surface area contributed by atoms with E-state index < -0.39 is 0 Å². The standard InChI is InChI=1S/C17H26IN3OS.HI/c1-13(23-3)12-20-17(19-2)21-10-8-14(9-11-21)22-16-7-5-4-6-15(16)18;/h4-7,13-14H,8-12H2,1-3H3,(H,19,20);1H. The van der Waals surface area contributed by atoms with E-state index in [4.69, 9.17) is 4.74 Å². The quantitative estimate of drug-likeness (QED) is 0.327. The normalized spacial score (nSPS) is 17.2. The van der Waals surface area contributed by atoms with Gasteiger partial charge in [0.15, 0.2) is 5.96 Å². The number of ether oxygens (including phenoxy) is 1. The van der Waals surface area contributed by atoms with E-state index in [0.717, 1.165) is 44.2 Å². The molecule has 0 amide bonds. The van der Waals surface area contributed by atoms with Crippen LogP contribution in [0.5, 0.6) is 5.75 Å². The number of thioether (sulfide) groups is 1. The van der Waals surface area contributed by atoms with Gasteiger partial charge in [-0.05, 0) is 41.0 Å². The number of guanidine groups is 1. The van der Waals surface area contributed by atoms with E-state index in [1.807, 2.05) is 30.9 Å². The molecule has 0 bridgehead atoms. The first kappa shape index (κ1) is 22.1. The van der Waals surface area contributed by atoms with Crippen LogP contribution in [0.3, 0.4) is 0 Å². The van der Waals surface area contributed by atoms with Crippen molar-refractivity contribution in [3.63, 3.8) is 0 Å². The lowest BCUT2D eigenvalue weighted by Gasteiger charge is -2.34. The molecule has 1 saturated heterocycles. The van der Waals surface area contributed by atoms with Crippen LogP contribution >= 0.6 is 58.3 Å². The fraction of sp³-hybridized carbons (Fsp3) is 0.588. The van der Waals surface area contributed by atoms with Crippen molar-refractivity contribution in [2.75, 3.05) is 32.9 Å². The summed E-state index contributed by atoms with van der Waals surface area (Å²) >= 11 is 4.20. The third-order valence-corrected chi connectivity index (χ3v) is 5.90. The summed E-state index contributed by atoms with van der Waals surface area (Å²) in [4.78, 5) is 6.76. The zero-order chi connectivity index (χ0) is 16.7. The van der Waals surface area contributed by atoms with E-state index in [1.165, 1.54) is 3.57 Å². The maximum Gasteiger partial charge on any atom is 0.193 e. The van der Waals surface area contributed by atoms with Crippen LogP contribution in [0, 0.1) is 3.57 Å². The molecule has 0 aliphatic carbocycles. The highest BCUT2D eigenvalue weighted by atomic mass is 127. The highest BCUT2D eigenvalue weighted by Gasteiger charge is 2.23. The van der Waals surface area contributed by atoms with Gasteiger partial charge in [0.25, 0.3) is 0 Å². The Balaban J connectivity index is 0.00000288. The van der Waals surface area contributed by atoms with E-state index >= 15 is 0 Å². The Morgan fingerprint density at radius 2 is 2.08 bits per heavy atom. The molecule has 0 aromatic heterocycles. The smallest absolute Gasteiger partial charge is 0.193 e. The van der Waals surface area contributed by atoms with Gasteiger partial charge in [0.1, 0.15) is 11.9 Å². The largest absolute Gasteiger partial charge is 0.489 e. The monoisotopic (exact) mass is 575 g/mol. The van der Waals surface area contributed by atoms with Crippen molar-refractivity contribution < 1.29 is 4.74 Å². The lowest BCUT2D eigenvalue weighted by atomic mass is 10.1. The summed E-state index contributed by atoms with van der Waals surface area (Å²) in [6.07, 6.45) is 4.50. The minimum absolute atomic E-state index is 0. The molecular formula is C17H27I2N3OS. The van der Waals surface area contributed by atoms with Crippen LogP contribution in [0.4, 0.5) is 0 Å². The Bertz CT molecular complexity index is 522. The summed E-state index contributed by atoms with van der Waals surface area (Å²) in [5.41, 5.74) is 0. The average molecular weight is 575 g/mol. The van der Waals surface area contributed by atoms with Crippen molar-refractivity contribution in [1.82, 2.24) is 10.2 Å². The number of benzene rings is 1. The molecule has 24 heavy (non-hydrogen) atoms. The molecule has 4 nitrogen and oxygen atoms in total. The minimum atomic E-state index is 0. The molecule has 1 N–H and O–H groups in total. The maximum atomic E-state index is 6.17. The van der Waals surface area contributed by atoms with E-state index in [-0.39, 0.29) is 24.0 Å². The summed E-state index contributed by atoms with van der Waals surface area (Å²) in [7, 11) is 1.86. The zero-order valence-electron chi connectivity index (χ0n) is 14.5. The number of hydrogen-bond acceptors (Lipinski definition) is 3. The Morgan fingerprint density at radius 3 is 2.67 bits per heavy atom. The average Bonchev–Trinajstić information content (AvgIpc) is 2.58. The number of rotatable bonds is 5. The van der Waals surface area contributed by atoms with Crippen LogP contribution in [-0.2, 0) is 0 Å². The molecule has 1 aromatic rings. The van der Waals surface area contributed by atoms with Crippen LogP contribution in [0.25, 0.3) is 0 Å². The summed E-state index contributed by atoms with van der Waals surface area (Å²) in [6, 6.07) is 8.22. The Labute approximate surface area is 180 Å². The predicted octanol–water partition coefficient (Wildman–Crippen LogP) is 4.08. The lowest BCUT2D eigenvalue weighted by Crippen LogP contribution is -2.48. The van der Waals surface area contributed by atoms with Gasteiger partial charge >= 0.3 is 0 Å². The number of halogens is 2. The molecule has 1 atom stereocenters. The molecule has 7 heteroatoms. The van der Waals surface area contributed by atoms with Crippen molar-refractivity contribution in [3.05, 3.63) is 27.8 Å². The number of likely N-dealkylation sites (tertiary alicyclic amines) is 1. The molecule has 0 radical (unpaired) electrons. The Kier molecular flexibility index (Phi) is 10.8. The van der Waals surface area contributed by atoms with Crippen LogP contribution < -0.4 is 10.1 Å². The van der Waals surface area contributed by atoms with Crippen molar-refractivity contribution in [2.24, 2.45) is 4.99 Å². The van der Waals surface area contributed by atoms with Gasteiger partial charge in [-0.15, -0.1) is 24.0 Å². The molecule has 2 rings (SSSR count). The lowest BCUT2D eigenvalue weighted by molar-refractivity contribution is 0.128. The van der Waals surface area contributed by atoms with Crippen molar-refractivity contribution in [1.29, 1.82) is 0 Å². The molecule has 136 valence electrons. The number of nitrogens with zero attached hydrogens (tertiary/aromatic N) is 2. The molecule has 0 spiro atoms. The maximum absolute atomic E-state index is 6.17. The molecule has 0 saturated carbocycles. The topological polar surface area (TPSA) is 36.9 Å². The first-order chi connectivity index (χ1) is 11.1. The van der Waals surface area contributed by atoms with Gasteiger partial charge in [0.05, 0.1) is 3.57 Å². The van der Waals surface area contributed by atoms with Crippen molar-refractivity contribution in [2.45, 2.75) is 31.1 Å². The Hall–Kier alpha value is 0.100. The number of hydrogen-bond donors (Lipinski definition) is 1. The molecular weight excluding hydrogens is 548 g/mol. The van der Waals surface area contributed by atoms with Gasteiger partial charge in [-0.1, -0.05) is 19.1 Å². The van der Waals surface area contributed by atoms with E-state index in [2.05, 4.69) is 63.1 Å². The second-order valence-electron chi connectivity index (χ2n) is 5.71. The van der Waals surface area contributed by atoms with Gasteiger partial charge in [-0.25, -0.2) is 0 Å². The minimum Gasteiger partial charge on any atom is -0.489 e. The highest BCUT2D eigenvalue weighted by molar-refractivity contribution is 14.1. The summed E-state index contributed by atoms with van der Waals surface area (Å²) in [5, 5.41) is 4.07. The van der Waals surface area contributed by atoms with Gasteiger partial charge < -0.3 is 15.0 Å². The molecule has 1 heterocycles. The van der Waals surface area contributed by atoms with Gasteiger partial charge in [0.2, 0.25) is 0 Å². The number of piperidine rings is 1. The number of aliphatic imine (C=N–C) groups is 1. The summed E-state index contributed by atoms with van der Waals surface area (Å²) in [5.74, 6) is 2.02. The number of para-hydroxylation sites is 1. The second kappa shape index (κ2) is 11.7. The Morgan fingerprint density at radius 1 is 1.42 bits per heavy atom. The van der Waals surface area contributed by atoms with Gasteiger partial charge in [-0.2, -0.15) is 11.8 Å². The van der Waals surface area contributed by atoms with E-state index in [0.29, 0.717) is 11.4 Å². The van der Waals surface area contributed by atoms with Gasteiger partial charge in [-0.3, -0.25) is 4.99 Å². The van der Waals surface area contributed by atoms with E-state index in [9.17, 15) is 0 Å². The molecule has 1 aliphatic heterocycles. The van der Waals surface area contributed by atoms with Crippen LogP contribution in [0.1, 0.15) is 19.8 Å². The first-order valence-electron chi connectivity index (χ1n) is 8.03. The van der Waals surface area contributed by atoms with Crippen LogP contribution in [0.15, 0.2) is 29.3 Å².